The van der Waals surface area contributed by atoms with Crippen molar-refractivity contribution in [2.45, 2.75) is 31.9 Å². The van der Waals surface area contributed by atoms with Crippen LogP contribution in [0.5, 0.6) is 0 Å². The number of thioether (sulfide) groups is 1. The average Bonchev–Trinajstić information content (AvgIpc) is 3.08. The summed E-state index contributed by atoms with van der Waals surface area (Å²) in [6, 6.07) is 6.04. The van der Waals surface area contributed by atoms with E-state index in [1.165, 1.54) is 11.8 Å². The van der Waals surface area contributed by atoms with Gasteiger partial charge in [-0.2, -0.15) is 0 Å². The number of carbonyl (C=O) groups is 2. The second-order valence-electron chi connectivity index (χ2n) is 6.62. The zero-order valence-electron chi connectivity index (χ0n) is 14.9. The number of benzene rings is 1. The number of hydrogen-bond acceptors (Lipinski definition) is 6. The molecule has 2 aromatic rings. The van der Waals surface area contributed by atoms with Crippen LogP contribution in [0.4, 0.5) is 0 Å². The zero-order chi connectivity index (χ0) is 18.7. The van der Waals surface area contributed by atoms with Crippen molar-refractivity contribution < 1.29 is 14.0 Å². The summed E-state index contributed by atoms with van der Waals surface area (Å²) in [5.74, 6) is -0.00650. The molecule has 0 spiro atoms. The Hall–Kier alpha value is -2.35. The maximum atomic E-state index is 12.4. The zero-order valence-corrected chi connectivity index (χ0v) is 15.7. The van der Waals surface area contributed by atoms with Crippen LogP contribution in [-0.4, -0.2) is 45.8 Å². The van der Waals surface area contributed by atoms with Crippen LogP contribution in [0.15, 0.2) is 27.8 Å². The molecule has 2 amide bonds. The van der Waals surface area contributed by atoms with Gasteiger partial charge in [0.1, 0.15) is 0 Å². The summed E-state index contributed by atoms with van der Waals surface area (Å²) in [6.45, 7) is 5.07. The molecule has 1 unspecified atom stereocenters. The SMILES string of the molecule is Cc1cc(C)cc(-c2nnc(SCC(=O)N3CCCC(C(N)=O)C3)o2)c1. The largest absolute Gasteiger partial charge is 0.411 e. The minimum atomic E-state index is -0.342. The number of likely N-dealkylation sites (tertiary alicyclic amines) is 1. The van der Waals surface area contributed by atoms with Gasteiger partial charge in [0, 0.05) is 18.7 Å². The lowest BCUT2D eigenvalue weighted by atomic mass is 9.97. The van der Waals surface area contributed by atoms with Gasteiger partial charge in [-0.05, 0) is 38.8 Å². The van der Waals surface area contributed by atoms with Gasteiger partial charge in [-0.3, -0.25) is 9.59 Å². The summed E-state index contributed by atoms with van der Waals surface area (Å²) >= 11 is 1.21. The molecule has 2 N–H and O–H groups in total. The Bertz CT molecular complexity index is 800. The highest BCUT2D eigenvalue weighted by molar-refractivity contribution is 7.99. The number of aromatic nitrogens is 2. The third-order valence-corrected chi connectivity index (χ3v) is 5.17. The maximum Gasteiger partial charge on any atom is 0.277 e. The van der Waals surface area contributed by atoms with Crippen LogP contribution in [0, 0.1) is 19.8 Å². The number of hydrogen-bond donors (Lipinski definition) is 1. The first-order valence-corrected chi connectivity index (χ1v) is 9.53. The van der Waals surface area contributed by atoms with Gasteiger partial charge in [-0.15, -0.1) is 10.2 Å². The third kappa shape index (κ3) is 4.43. The predicted molar refractivity (Wildman–Crippen MR) is 98.4 cm³/mol. The van der Waals surface area contributed by atoms with E-state index in [0.717, 1.165) is 29.5 Å². The first kappa shape index (κ1) is 18.4. The molecule has 2 heterocycles. The molecule has 1 atom stereocenters. The van der Waals surface area contributed by atoms with E-state index in [9.17, 15) is 9.59 Å². The van der Waals surface area contributed by atoms with Crippen LogP contribution in [-0.2, 0) is 9.59 Å². The van der Waals surface area contributed by atoms with Gasteiger partial charge in [-0.1, -0.05) is 29.0 Å². The van der Waals surface area contributed by atoms with E-state index >= 15 is 0 Å². The molecule has 8 heteroatoms. The number of aryl methyl sites for hydroxylation is 2. The van der Waals surface area contributed by atoms with Gasteiger partial charge in [0.2, 0.25) is 17.7 Å². The highest BCUT2D eigenvalue weighted by Gasteiger charge is 2.27. The quantitative estimate of drug-likeness (QED) is 0.805. The molecule has 0 radical (unpaired) electrons. The summed E-state index contributed by atoms with van der Waals surface area (Å²) in [6.07, 6.45) is 1.54. The first-order chi connectivity index (χ1) is 12.4. The molecule has 1 fully saturated rings. The van der Waals surface area contributed by atoms with Gasteiger partial charge in [0.25, 0.3) is 5.22 Å². The molecule has 138 valence electrons. The van der Waals surface area contributed by atoms with Crippen molar-refractivity contribution >= 4 is 23.6 Å². The van der Waals surface area contributed by atoms with E-state index in [-0.39, 0.29) is 23.5 Å². The van der Waals surface area contributed by atoms with Crippen LogP contribution >= 0.6 is 11.8 Å². The standard InChI is InChI=1S/C18H22N4O3S/c1-11-6-12(2)8-14(7-11)17-20-21-18(25-17)26-10-15(23)22-5-3-4-13(9-22)16(19)24/h6-8,13H,3-5,9-10H2,1-2H3,(H2,19,24). The molecule has 0 aliphatic carbocycles. The van der Waals surface area contributed by atoms with Crippen molar-refractivity contribution in [1.82, 2.24) is 15.1 Å². The van der Waals surface area contributed by atoms with E-state index < -0.39 is 0 Å². The van der Waals surface area contributed by atoms with Crippen LogP contribution < -0.4 is 5.73 Å². The minimum absolute atomic E-state index is 0.0490. The normalized spacial score (nSPS) is 17.3. The van der Waals surface area contributed by atoms with E-state index in [1.54, 1.807) is 4.90 Å². The number of primary amides is 1. The van der Waals surface area contributed by atoms with E-state index in [1.807, 2.05) is 26.0 Å². The molecule has 1 aliphatic heterocycles. The van der Waals surface area contributed by atoms with Crippen molar-refractivity contribution in [2.24, 2.45) is 11.7 Å². The Morgan fingerprint density at radius 2 is 2.00 bits per heavy atom. The second-order valence-corrected chi connectivity index (χ2v) is 7.55. The molecular formula is C18H22N4O3S. The maximum absolute atomic E-state index is 12.4. The highest BCUT2D eigenvalue weighted by atomic mass is 32.2. The fourth-order valence-electron chi connectivity index (χ4n) is 3.13. The Morgan fingerprint density at radius 3 is 2.69 bits per heavy atom. The van der Waals surface area contributed by atoms with Crippen LogP contribution in [0.1, 0.15) is 24.0 Å². The summed E-state index contributed by atoms with van der Waals surface area (Å²) < 4.78 is 5.67. The van der Waals surface area contributed by atoms with Crippen LogP contribution in [0.2, 0.25) is 0 Å². The number of carbonyl (C=O) groups excluding carboxylic acids is 2. The fraction of sp³-hybridized carbons (Fsp3) is 0.444. The lowest BCUT2D eigenvalue weighted by molar-refractivity contribution is -0.132. The molecular weight excluding hydrogens is 352 g/mol. The summed E-state index contributed by atoms with van der Waals surface area (Å²) in [4.78, 5) is 25.4. The summed E-state index contributed by atoms with van der Waals surface area (Å²) in [7, 11) is 0. The van der Waals surface area contributed by atoms with Gasteiger partial charge in [0.15, 0.2) is 0 Å². The van der Waals surface area contributed by atoms with Gasteiger partial charge < -0.3 is 15.1 Å². The fourth-order valence-corrected chi connectivity index (χ4v) is 3.80. The van der Waals surface area contributed by atoms with E-state index in [2.05, 4.69) is 16.3 Å². The number of rotatable bonds is 5. The summed E-state index contributed by atoms with van der Waals surface area (Å²) in [5.41, 5.74) is 8.47. The average molecular weight is 374 g/mol. The number of nitrogens with zero attached hydrogens (tertiary/aromatic N) is 3. The monoisotopic (exact) mass is 374 g/mol. The smallest absolute Gasteiger partial charge is 0.277 e. The van der Waals surface area contributed by atoms with E-state index in [0.29, 0.717) is 24.2 Å². The highest BCUT2D eigenvalue weighted by Crippen LogP contribution is 2.25. The Balaban J connectivity index is 1.59. The first-order valence-electron chi connectivity index (χ1n) is 8.54. The van der Waals surface area contributed by atoms with E-state index in [4.69, 9.17) is 10.2 Å². The van der Waals surface area contributed by atoms with Crippen molar-refractivity contribution in [3.8, 4) is 11.5 Å². The third-order valence-electron chi connectivity index (χ3n) is 4.37. The molecule has 1 saturated heterocycles. The Labute approximate surface area is 156 Å². The van der Waals surface area contributed by atoms with Crippen molar-refractivity contribution in [1.29, 1.82) is 0 Å². The van der Waals surface area contributed by atoms with Crippen LogP contribution in [0.3, 0.4) is 0 Å². The number of piperidine rings is 1. The molecule has 1 aromatic carbocycles. The van der Waals surface area contributed by atoms with Crippen molar-refractivity contribution in [3.05, 3.63) is 29.3 Å². The van der Waals surface area contributed by atoms with Gasteiger partial charge in [-0.25, -0.2) is 0 Å². The van der Waals surface area contributed by atoms with Gasteiger partial charge in [0.05, 0.1) is 11.7 Å². The van der Waals surface area contributed by atoms with Gasteiger partial charge >= 0.3 is 0 Å². The number of nitrogens with two attached hydrogens (primary N) is 1. The summed E-state index contributed by atoms with van der Waals surface area (Å²) in [5, 5.41) is 8.44. The molecule has 1 aromatic heterocycles. The molecule has 3 rings (SSSR count). The predicted octanol–water partition coefficient (Wildman–Crippen LogP) is 2.17. The molecule has 1 aliphatic rings. The Kier molecular flexibility index (Phi) is 5.61. The molecule has 7 nitrogen and oxygen atoms in total. The molecule has 26 heavy (non-hydrogen) atoms. The number of amides is 2. The molecule has 0 bridgehead atoms. The van der Waals surface area contributed by atoms with Crippen LogP contribution in [0.25, 0.3) is 11.5 Å². The van der Waals surface area contributed by atoms with Crippen molar-refractivity contribution in [2.75, 3.05) is 18.8 Å². The molecule has 0 saturated carbocycles. The topological polar surface area (TPSA) is 102 Å². The second kappa shape index (κ2) is 7.90. The Morgan fingerprint density at radius 1 is 1.27 bits per heavy atom. The lowest BCUT2D eigenvalue weighted by Gasteiger charge is -2.31. The lowest BCUT2D eigenvalue weighted by Crippen LogP contribution is -2.44. The minimum Gasteiger partial charge on any atom is -0.411 e. The van der Waals surface area contributed by atoms with Crippen molar-refractivity contribution in [3.63, 3.8) is 0 Å².